The Balaban J connectivity index is 2.26. The molecule has 2 rings (SSSR count). The lowest BCUT2D eigenvalue weighted by atomic mass is 9.99. The van der Waals surface area contributed by atoms with Gasteiger partial charge in [0.2, 0.25) is 0 Å². The summed E-state index contributed by atoms with van der Waals surface area (Å²) in [6.45, 7) is 9.44. The third kappa shape index (κ3) is 3.12. The molecule has 5 nitrogen and oxygen atoms in total. The van der Waals surface area contributed by atoms with Crippen molar-refractivity contribution in [3.63, 3.8) is 0 Å². The molecule has 2 heterocycles. The van der Waals surface area contributed by atoms with Crippen molar-refractivity contribution in [2.45, 2.75) is 40.5 Å². The number of H-pyrrole nitrogens is 1. The minimum atomic E-state index is -0.366. The van der Waals surface area contributed by atoms with E-state index in [9.17, 15) is 9.59 Å². The van der Waals surface area contributed by atoms with Gasteiger partial charge in [0.05, 0.1) is 12.2 Å². The highest BCUT2D eigenvalue weighted by Gasteiger charge is 2.28. The molecule has 1 fully saturated rings. The molecule has 1 aromatic heterocycles. The van der Waals surface area contributed by atoms with E-state index in [1.54, 1.807) is 20.8 Å². The number of rotatable bonds is 3. The van der Waals surface area contributed by atoms with Crippen molar-refractivity contribution in [2.24, 2.45) is 5.92 Å². The van der Waals surface area contributed by atoms with Crippen molar-refractivity contribution in [1.82, 2.24) is 9.88 Å². The smallest absolute Gasteiger partial charge is 0.340 e. The number of aryl methyl sites for hydroxylation is 1. The fourth-order valence-electron chi connectivity index (χ4n) is 3.01. The standard InChI is InChI=1S/C16H24N2O3/c1-5-21-16(20)13-11(3)14(17-12(13)4)15(19)18-8-6-7-10(2)9-18/h10,17H,5-9H2,1-4H3/t10-/m0/s1. The van der Waals surface area contributed by atoms with Crippen LogP contribution in [-0.4, -0.2) is 41.5 Å². The quantitative estimate of drug-likeness (QED) is 0.871. The zero-order valence-electron chi connectivity index (χ0n) is 13.3. The molecule has 1 aliphatic rings. The molecule has 21 heavy (non-hydrogen) atoms. The number of esters is 1. The highest BCUT2D eigenvalue weighted by atomic mass is 16.5. The van der Waals surface area contributed by atoms with Gasteiger partial charge in [0.1, 0.15) is 5.69 Å². The second-order valence-corrected chi connectivity index (χ2v) is 5.84. The van der Waals surface area contributed by atoms with Gasteiger partial charge in [-0.15, -0.1) is 0 Å². The molecule has 0 aliphatic carbocycles. The van der Waals surface area contributed by atoms with Crippen molar-refractivity contribution < 1.29 is 14.3 Å². The molecule has 1 atom stereocenters. The molecule has 1 amide bonds. The van der Waals surface area contributed by atoms with E-state index in [1.165, 1.54) is 6.42 Å². The predicted octanol–water partition coefficient (Wildman–Crippen LogP) is 2.68. The number of carbonyl (C=O) groups is 2. The van der Waals surface area contributed by atoms with Gasteiger partial charge in [0.25, 0.3) is 5.91 Å². The first-order valence-electron chi connectivity index (χ1n) is 7.61. The third-order valence-corrected chi connectivity index (χ3v) is 4.08. The van der Waals surface area contributed by atoms with E-state index in [4.69, 9.17) is 4.74 Å². The number of likely N-dealkylation sites (tertiary alicyclic amines) is 1. The molecule has 116 valence electrons. The summed E-state index contributed by atoms with van der Waals surface area (Å²) in [5.74, 6) is 0.149. The van der Waals surface area contributed by atoms with Crippen LogP contribution in [0.4, 0.5) is 0 Å². The van der Waals surface area contributed by atoms with Gasteiger partial charge < -0.3 is 14.6 Å². The van der Waals surface area contributed by atoms with Crippen LogP contribution in [0.1, 0.15) is 58.8 Å². The Morgan fingerprint density at radius 1 is 1.38 bits per heavy atom. The van der Waals surface area contributed by atoms with Gasteiger partial charge in [-0.3, -0.25) is 4.79 Å². The molecule has 1 aliphatic heterocycles. The molecule has 1 saturated heterocycles. The van der Waals surface area contributed by atoms with Crippen molar-refractivity contribution in [1.29, 1.82) is 0 Å². The lowest BCUT2D eigenvalue weighted by Gasteiger charge is -2.30. The van der Waals surface area contributed by atoms with Gasteiger partial charge in [0, 0.05) is 18.8 Å². The average Bonchev–Trinajstić information content (AvgIpc) is 2.73. The fourth-order valence-corrected chi connectivity index (χ4v) is 3.01. The number of nitrogens with zero attached hydrogens (tertiary/aromatic N) is 1. The third-order valence-electron chi connectivity index (χ3n) is 4.08. The Bertz CT molecular complexity index is 548. The normalized spacial score (nSPS) is 18.7. The first kappa shape index (κ1) is 15.6. The van der Waals surface area contributed by atoms with Crippen LogP contribution in [0.3, 0.4) is 0 Å². The molecule has 1 aromatic rings. The number of piperidine rings is 1. The van der Waals surface area contributed by atoms with Crippen molar-refractivity contribution in [2.75, 3.05) is 19.7 Å². The average molecular weight is 292 g/mol. The molecule has 0 unspecified atom stereocenters. The summed E-state index contributed by atoms with van der Waals surface area (Å²) in [6.07, 6.45) is 2.21. The van der Waals surface area contributed by atoms with E-state index in [0.29, 0.717) is 35.0 Å². The van der Waals surface area contributed by atoms with E-state index in [2.05, 4.69) is 11.9 Å². The summed E-state index contributed by atoms with van der Waals surface area (Å²) < 4.78 is 5.06. The Kier molecular flexibility index (Phi) is 4.70. The van der Waals surface area contributed by atoms with Crippen molar-refractivity contribution in [3.8, 4) is 0 Å². The van der Waals surface area contributed by atoms with Crippen LogP contribution in [0, 0.1) is 19.8 Å². The summed E-state index contributed by atoms with van der Waals surface area (Å²) in [5.41, 5.74) is 2.39. The van der Waals surface area contributed by atoms with Gasteiger partial charge in [-0.05, 0) is 45.1 Å². The zero-order valence-corrected chi connectivity index (χ0v) is 13.3. The summed E-state index contributed by atoms with van der Waals surface area (Å²) >= 11 is 0. The van der Waals surface area contributed by atoms with Crippen LogP contribution in [-0.2, 0) is 4.74 Å². The number of carbonyl (C=O) groups excluding carboxylic acids is 2. The largest absolute Gasteiger partial charge is 0.462 e. The Labute approximate surface area is 125 Å². The fraction of sp³-hybridized carbons (Fsp3) is 0.625. The van der Waals surface area contributed by atoms with E-state index >= 15 is 0 Å². The van der Waals surface area contributed by atoms with Crippen molar-refractivity contribution >= 4 is 11.9 Å². The highest BCUT2D eigenvalue weighted by Crippen LogP contribution is 2.23. The minimum Gasteiger partial charge on any atom is -0.462 e. The maximum atomic E-state index is 12.7. The minimum absolute atomic E-state index is 0.0160. The van der Waals surface area contributed by atoms with Crippen LogP contribution in [0.25, 0.3) is 0 Å². The molecule has 1 N–H and O–H groups in total. The Morgan fingerprint density at radius 3 is 2.71 bits per heavy atom. The van der Waals surface area contributed by atoms with Gasteiger partial charge >= 0.3 is 5.97 Å². The molecule has 0 bridgehead atoms. The lowest BCUT2D eigenvalue weighted by molar-refractivity contribution is 0.0525. The van der Waals surface area contributed by atoms with Gasteiger partial charge in [-0.25, -0.2) is 4.79 Å². The van der Waals surface area contributed by atoms with Crippen LogP contribution < -0.4 is 0 Å². The number of hydrogen-bond donors (Lipinski definition) is 1. The Hall–Kier alpha value is -1.78. The number of aromatic amines is 1. The van der Waals surface area contributed by atoms with E-state index in [-0.39, 0.29) is 11.9 Å². The summed E-state index contributed by atoms with van der Waals surface area (Å²) in [4.78, 5) is 29.6. The topological polar surface area (TPSA) is 62.4 Å². The molecule has 0 spiro atoms. The summed E-state index contributed by atoms with van der Waals surface area (Å²) in [6, 6.07) is 0. The first-order valence-corrected chi connectivity index (χ1v) is 7.61. The number of aromatic nitrogens is 1. The van der Waals surface area contributed by atoms with Crippen molar-refractivity contribution in [3.05, 3.63) is 22.5 Å². The number of ether oxygens (including phenoxy) is 1. The maximum Gasteiger partial charge on any atom is 0.340 e. The highest BCUT2D eigenvalue weighted by molar-refractivity contribution is 6.00. The molecular formula is C16H24N2O3. The zero-order chi connectivity index (χ0) is 15.6. The maximum absolute atomic E-state index is 12.7. The summed E-state index contributed by atoms with van der Waals surface area (Å²) in [7, 11) is 0. The molecule has 0 aromatic carbocycles. The monoisotopic (exact) mass is 292 g/mol. The van der Waals surface area contributed by atoms with Gasteiger partial charge in [-0.2, -0.15) is 0 Å². The molecule has 0 radical (unpaired) electrons. The molecule has 5 heteroatoms. The van der Waals surface area contributed by atoms with Gasteiger partial charge in [0.15, 0.2) is 0 Å². The van der Waals surface area contributed by atoms with Crippen LogP contribution in [0.2, 0.25) is 0 Å². The summed E-state index contributed by atoms with van der Waals surface area (Å²) in [5, 5.41) is 0. The first-order chi connectivity index (χ1) is 9.95. The van der Waals surface area contributed by atoms with Crippen LogP contribution in [0.15, 0.2) is 0 Å². The van der Waals surface area contributed by atoms with Crippen LogP contribution >= 0.6 is 0 Å². The molecule has 0 saturated carbocycles. The van der Waals surface area contributed by atoms with Gasteiger partial charge in [-0.1, -0.05) is 6.92 Å². The SMILES string of the molecule is CCOC(=O)c1c(C)[nH]c(C(=O)N2CCC[C@H](C)C2)c1C. The second kappa shape index (κ2) is 6.33. The Morgan fingerprint density at radius 2 is 2.10 bits per heavy atom. The van der Waals surface area contributed by atoms with E-state index in [0.717, 1.165) is 19.5 Å². The predicted molar refractivity (Wildman–Crippen MR) is 80.5 cm³/mol. The van der Waals surface area contributed by atoms with E-state index in [1.807, 2.05) is 4.90 Å². The molecular weight excluding hydrogens is 268 g/mol. The number of amides is 1. The van der Waals surface area contributed by atoms with Crippen LogP contribution in [0.5, 0.6) is 0 Å². The van der Waals surface area contributed by atoms with E-state index < -0.39 is 0 Å². The second-order valence-electron chi connectivity index (χ2n) is 5.84. The lowest BCUT2D eigenvalue weighted by Crippen LogP contribution is -2.39. The number of hydrogen-bond acceptors (Lipinski definition) is 3. The number of nitrogens with one attached hydrogen (secondary N) is 1.